The monoisotopic (exact) mass is 146 g/mol. The van der Waals surface area contributed by atoms with Gasteiger partial charge in [0.2, 0.25) is 6.17 Å². The molecule has 0 fully saturated rings. The summed E-state index contributed by atoms with van der Waals surface area (Å²) in [7, 11) is 0. The van der Waals surface area contributed by atoms with E-state index in [0.29, 0.717) is 0 Å². The molecule has 1 atom stereocenters. The minimum absolute atomic E-state index is 0.823. The Labute approximate surface area is 48.0 Å². The maximum absolute atomic E-state index is 11.5. The maximum Gasteiger partial charge on any atom is 0.275 e. The summed E-state index contributed by atoms with van der Waals surface area (Å²) in [6.07, 6.45) is -7.46. The molecule has 0 saturated heterocycles. The second kappa shape index (κ2) is 3.42. The minimum Gasteiger partial charge on any atom is -0.233 e. The zero-order chi connectivity index (χ0) is 7.44. The Morgan fingerprint density at radius 2 is 1.67 bits per heavy atom. The first-order chi connectivity index (χ1) is 4.09. The van der Waals surface area contributed by atoms with E-state index in [0.717, 1.165) is 0 Å². The standard InChI is InChI=1S/C4H3F5/c5-1-2(6)3(7)4(8)9/h1,3-4H/b2-1-. The molecule has 0 rings (SSSR count). The van der Waals surface area contributed by atoms with Crippen LogP contribution < -0.4 is 0 Å². The zero-order valence-corrected chi connectivity index (χ0v) is 4.12. The molecule has 9 heavy (non-hydrogen) atoms. The van der Waals surface area contributed by atoms with Crippen LogP contribution in [0.1, 0.15) is 0 Å². The van der Waals surface area contributed by atoms with Gasteiger partial charge in [-0.2, -0.15) is 0 Å². The molecule has 0 bridgehead atoms. The van der Waals surface area contributed by atoms with Gasteiger partial charge in [-0.05, 0) is 0 Å². The van der Waals surface area contributed by atoms with Gasteiger partial charge in [0, 0.05) is 0 Å². The van der Waals surface area contributed by atoms with Gasteiger partial charge in [0.1, 0.15) is 6.33 Å². The van der Waals surface area contributed by atoms with E-state index in [-0.39, 0.29) is 0 Å². The highest BCUT2D eigenvalue weighted by Crippen LogP contribution is 2.15. The van der Waals surface area contributed by atoms with Crippen LogP contribution in [-0.4, -0.2) is 12.6 Å². The van der Waals surface area contributed by atoms with Gasteiger partial charge in [0.15, 0.2) is 5.83 Å². The van der Waals surface area contributed by atoms with Crippen LogP contribution in [0, 0.1) is 0 Å². The highest BCUT2D eigenvalue weighted by atomic mass is 19.3. The van der Waals surface area contributed by atoms with Crippen molar-refractivity contribution in [1.82, 2.24) is 0 Å². The lowest BCUT2D eigenvalue weighted by molar-refractivity contribution is 0.0568. The summed E-state index contributed by atoms with van der Waals surface area (Å²) in [5.41, 5.74) is 0. The van der Waals surface area contributed by atoms with Crippen LogP contribution in [0.3, 0.4) is 0 Å². The third-order valence-electron chi connectivity index (χ3n) is 0.589. The van der Waals surface area contributed by atoms with Crippen LogP contribution in [0.25, 0.3) is 0 Å². The molecular weight excluding hydrogens is 143 g/mol. The number of alkyl halides is 3. The lowest BCUT2D eigenvalue weighted by Gasteiger charge is -2.00. The summed E-state index contributed by atoms with van der Waals surface area (Å²) in [4.78, 5) is 0. The van der Waals surface area contributed by atoms with Crippen LogP contribution in [0.4, 0.5) is 22.0 Å². The summed E-state index contributed by atoms with van der Waals surface area (Å²) in [5, 5.41) is 0. The van der Waals surface area contributed by atoms with Crippen molar-refractivity contribution in [3.05, 3.63) is 12.2 Å². The fourth-order valence-corrected chi connectivity index (χ4v) is 0.181. The van der Waals surface area contributed by atoms with Crippen LogP contribution in [-0.2, 0) is 0 Å². The zero-order valence-electron chi connectivity index (χ0n) is 4.12. The number of allylic oxidation sites excluding steroid dienone is 1. The molecule has 0 nitrogen and oxygen atoms in total. The lowest BCUT2D eigenvalue weighted by atomic mass is 10.4. The van der Waals surface area contributed by atoms with E-state index in [1.54, 1.807) is 0 Å². The van der Waals surface area contributed by atoms with Gasteiger partial charge in [-0.3, -0.25) is 0 Å². The number of hydrogen-bond donors (Lipinski definition) is 0. The molecule has 0 N–H and O–H groups in total. The second-order valence-electron chi connectivity index (χ2n) is 1.23. The van der Waals surface area contributed by atoms with Crippen LogP contribution >= 0.6 is 0 Å². The van der Waals surface area contributed by atoms with Crippen molar-refractivity contribution < 1.29 is 22.0 Å². The third-order valence-corrected chi connectivity index (χ3v) is 0.589. The van der Waals surface area contributed by atoms with Crippen molar-refractivity contribution >= 4 is 0 Å². The lowest BCUT2D eigenvalue weighted by Crippen LogP contribution is -2.11. The van der Waals surface area contributed by atoms with Crippen LogP contribution in [0.2, 0.25) is 0 Å². The fraction of sp³-hybridized carbons (Fsp3) is 0.500. The van der Waals surface area contributed by atoms with Crippen LogP contribution in [0.5, 0.6) is 0 Å². The Morgan fingerprint density at radius 3 is 1.78 bits per heavy atom. The Kier molecular flexibility index (Phi) is 3.19. The average Bonchev–Trinajstić information content (AvgIpc) is 1.84. The van der Waals surface area contributed by atoms with E-state index < -0.39 is 24.8 Å². The molecular formula is C4H3F5. The van der Waals surface area contributed by atoms with Crippen molar-refractivity contribution in [3.8, 4) is 0 Å². The second-order valence-corrected chi connectivity index (χ2v) is 1.23. The van der Waals surface area contributed by atoms with Crippen molar-refractivity contribution in [2.45, 2.75) is 12.6 Å². The van der Waals surface area contributed by atoms with E-state index >= 15 is 0 Å². The van der Waals surface area contributed by atoms with Gasteiger partial charge < -0.3 is 0 Å². The molecule has 0 aliphatic carbocycles. The molecule has 0 amide bonds. The first-order valence-electron chi connectivity index (χ1n) is 1.97. The molecule has 0 aliphatic heterocycles. The maximum atomic E-state index is 11.5. The van der Waals surface area contributed by atoms with E-state index in [9.17, 15) is 22.0 Å². The Morgan fingerprint density at radius 1 is 1.22 bits per heavy atom. The highest BCUT2D eigenvalue weighted by Gasteiger charge is 2.24. The van der Waals surface area contributed by atoms with Crippen LogP contribution in [0.15, 0.2) is 12.2 Å². The Balaban J connectivity index is 3.88. The normalized spacial score (nSPS) is 16.4. The SMILES string of the molecule is F/C=C(\F)C(F)C(F)F. The quantitative estimate of drug-likeness (QED) is 0.524. The molecule has 0 aliphatic rings. The number of rotatable bonds is 2. The number of halogens is 5. The Bertz CT molecular complexity index is 108. The van der Waals surface area contributed by atoms with Gasteiger partial charge >= 0.3 is 0 Å². The summed E-state index contributed by atoms with van der Waals surface area (Å²) in [5.74, 6) is -2.08. The molecule has 0 aromatic rings. The van der Waals surface area contributed by atoms with E-state index in [1.807, 2.05) is 0 Å². The first kappa shape index (κ1) is 8.39. The van der Waals surface area contributed by atoms with E-state index in [2.05, 4.69) is 0 Å². The molecule has 1 unspecified atom stereocenters. The smallest absolute Gasteiger partial charge is 0.233 e. The van der Waals surface area contributed by atoms with Crippen molar-refractivity contribution in [2.75, 3.05) is 0 Å². The van der Waals surface area contributed by atoms with Gasteiger partial charge in [-0.25, -0.2) is 22.0 Å². The van der Waals surface area contributed by atoms with E-state index in [4.69, 9.17) is 0 Å². The average molecular weight is 146 g/mol. The first-order valence-corrected chi connectivity index (χ1v) is 1.97. The predicted molar refractivity (Wildman–Crippen MR) is 21.2 cm³/mol. The third kappa shape index (κ3) is 2.43. The number of hydrogen-bond acceptors (Lipinski definition) is 0. The molecule has 5 heteroatoms. The predicted octanol–water partition coefficient (Wildman–Crippen LogP) is 2.37. The highest BCUT2D eigenvalue weighted by molar-refractivity contribution is 4.94. The van der Waals surface area contributed by atoms with Crippen molar-refractivity contribution in [2.24, 2.45) is 0 Å². The minimum atomic E-state index is -3.50. The van der Waals surface area contributed by atoms with Gasteiger partial charge in [0.25, 0.3) is 6.43 Å². The molecule has 0 saturated carbocycles. The molecule has 0 heterocycles. The van der Waals surface area contributed by atoms with Crippen molar-refractivity contribution in [1.29, 1.82) is 0 Å². The van der Waals surface area contributed by atoms with Gasteiger partial charge in [-0.15, -0.1) is 0 Å². The fourth-order valence-electron chi connectivity index (χ4n) is 0.181. The summed E-state index contributed by atoms with van der Waals surface area (Å²) >= 11 is 0. The van der Waals surface area contributed by atoms with Gasteiger partial charge in [-0.1, -0.05) is 0 Å². The largest absolute Gasteiger partial charge is 0.275 e. The molecule has 54 valence electrons. The Hall–Kier alpha value is -0.610. The van der Waals surface area contributed by atoms with E-state index in [1.165, 1.54) is 0 Å². The van der Waals surface area contributed by atoms with Crippen molar-refractivity contribution in [3.63, 3.8) is 0 Å². The molecule has 0 aromatic carbocycles. The summed E-state index contributed by atoms with van der Waals surface area (Å²) in [6.45, 7) is 0. The summed E-state index contributed by atoms with van der Waals surface area (Å²) < 4.78 is 55.9. The van der Waals surface area contributed by atoms with Gasteiger partial charge in [0.05, 0.1) is 0 Å². The molecule has 0 spiro atoms. The molecule has 0 aromatic heterocycles. The molecule has 0 radical (unpaired) electrons. The summed E-state index contributed by atoms with van der Waals surface area (Å²) in [6, 6.07) is 0. The topological polar surface area (TPSA) is 0 Å².